The zero-order valence-electron chi connectivity index (χ0n) is 9.43. The van der Waals surface area contributed by atoms with Crippen molar-refractivity contribution < 1.29 is 8.42 Å². The first-order valence-corrected chi connectivity index (χ1v) is 7.87. The Morgan fingerprint density at radius 3 is 2.63 bits per heavy atom. The van der Waals surface area contributed by atoms with Crippen molar-refractivity contribution in [2.24, 2.45) is 7.05 Å². The molecule has 2 aromatic rings. The quantitative estimate of drug-likeness (QED) is 0.880. The maximum absolute atomic E-state index is 12.2. The van der Waals surface area contributed by atoms with Crippen molar-refractivity contribution in [3.05, 3.63) is 32.8 Å². The van der Waals surface area contributed by atoms with E-state index < -0.39 is 10.0 Å². The number of aromatic nitrogens is 3. The van der Waals surface area contributed by atoms with E-state index >= 15 is 0 Å². The molecule has 0 unspecified atom stereocenters. The standard InChI is InChI=1S/C9H7BrCl2N4O2S/c1-16-9(8(10)13-15-16)19(17,18)14-7-4-5(11)2-3-6(7)12/h2-4,14H,1H3. The highest BCUT2D eigenvalue weighted by molar-refractivity contribution is 9.10. The molecule has 0 fully saturated rings. The SMILES string of the molecule is Cn1nnc(Br)c1S(=O)(=O)Nc1cc(Cl)ccc1Cl. The lowest BCUT2D eigenvalue weighted by Crippen LogP contribution is -2.17. The fourth-order valence-electron chi connectivity index (χ4n) is 1.38. The van der Waals surface area contributed by atoms with E-state index in [1.165, 1.54) is 19.2 Å². The van der Waals surface area contributed by atoms with Crippen LogP contribution in [0, 0.1) is 0 Å². The van der Waals surface area contributed by atoms with E-state index in [0.717, 1.165) is 4.68 Å². The minimum Gasteiger partial charge on any atom is -0.277 e. The molecular formula is C9H7BrCl2N4O2S. The predicted molar refractivity (Wildman–Crippen MR) is 76.0 cm³/mol. The zero-order chi connectivity index (χ0) is 14.2. The number of nitrogens with one attached hydrogen (secondary N) is 1. The van der Waals surface area contributed by atoms with Gasteiger partial charge in [-0.2, -0.15) is 8.42 Å². The smallest absolute Gasteiger partial charge is 0.277 e. The number of halogens is 3. The van der Waals surface area contributed by atoms with E-state index in [0.29, 0.717) is 5.02 Å². The van der Waals surface area contributed by atoms with Gasteiger partial charge in [0.15, 0.2) is 4.60 Å². The number of rotatable bonds is 3. The van der Waals surface area contributed by atoms with E-state index in [2.05, 4.69) is 31.0 Å². The summed E-state index contributed by atoms with van der Waals surface area (Å²) in [5, 5.41) is 7.71. The summed E-state index contributed by atoms with van der Waals surface area (Å²) >= 11 is 14.7. The van der Waals surface area contributed by atoms with Gasteiger partial charge in [0.05, 0.1) is 10.7 Å². The maximum atomic E-state index is 12.2. The molecule has 6 nitrogen and oxygen atoms in total. The minimum absolute atomic E-state index is 0.108. The first kappa shape index (κ1) is 14.6. The third kappa shape index (κ3) is 3.02. The fourth-order valence-corrected chi connectivity index (χ4v) is 3.94. The van der Waals surface area contributed by atoms with Crippen LogP contribution in [0.25, 0.3) is 0 Å². The van der Waals surface area contributed by atoms with Crippen LogP contribution in [0.3, 0.4) is 0 Å². The van der Waals surface area contributed by atoms with Crippen LogP contribution in [0.2, 0.25) is 10.0 Å². The molecule has 19 heavy (non-hydrogen) atoms. The fraction of sp³-hybridized carbons (Fsp3) is 0.111. The Morgan fingerprint density at radius 1 is 1.37 bits per heavy atom. The molecule has 1 heterocycles. The summed E-state index contributed by atoms with van der Waals surface area (Å²) in [5.74, 6) is 0. The van der Waals surface area contributed by atoms with Crippen molar-refractivity contribution in [3.8, 4) is 0 Å². The molecule has 1 N–H and O–H groups in total. The zero-order valence-corrected chi connectivity index (χ0v) is 13.3. The molecule has 2 rings (SSSR count). The molecular weight excluding hydrogens is 379 g/mol. The Bertz CT molecular complexity index is 712. The molecule has 1 aromatic heterocycles. The summed E-state index contributed by atoms with van der Waals surface area (Å²) in [5.41, 5.74) is 0.183. The van der Waals surface area contributed by atoms with Crippen molar-refractivity contribution in [2.75, 3.05) is 4.72 Å². The van der Waals surface area contributed by atoms with Gasteiger partial charge in [-0.25, -0.2) is 4.68 Å². The maximum Gasteiger partial charge on any atom is 0.281 e. The molecule has 0 aliphatic rings. The normalized spacial score (nSPS) is 11.6. The molecule has 0 aliphatic carbocycles. The number of hydrogen-bond acceptors (Lipinski definition) is 4. The van der Waals surface area contributed by atoms with Crippen LogP contribution < -0.4 is 4.72 Å². The lowest BCUT2D eigenvalue weighted by molar-refractivity contribution is 0.578. The van der Waals surface area contributed by atoms with Gasteiger partial charge in [-0.05, 0) is 34.1 Å². The van der Waals surface area contributed by atoms with Crippen LogP contribution in [-0.2, 0) is 17.1 Å². The first-order valence-electron chi connectivity index (χ1n) is 4.84. The van der Waals surface area contributed by atoms with Gasteiger partial charge in [0.2, 0.25) is 5.03 Å². The monoisotopic (exact) mass is 384 g/mol. The van der Waals surface area contributed by atoms with Gasteiger partial charge < -0.3 is 0 Å². The van der Waals surface area contributed by atoms with Crippen molar-refractivity contribution >= 4 is 54.8 Å². The van der Waals surface area contributed by atoms with Crippen LogP contribution in [-0.4, -0.2) is 23.4 Å². The molecule has 0 radical (unpaired) electrons. The summed E-state index contributed by atoms with van der Waals surface area (Å²) < 4.78 is 28.0. The van der Waals surface area contributed by atoms with E-state index in [4.69, 9.17) is 23.2 Å². The Morgan fingerprint density at radius 2 is 2.05 bits per heavy atom. The summed E-state index contributed by atoms with van der Waals surface area (Å²) in [7, 11) is -2.41. The van der Waals surface area contributed by atoms with Crippen LogP contribution in [0.15, 0.2) is 27.8 Å². The number of anilines is 1. The van der Waals surface area contributed by atoms with Gasteiger partial charge >= 0.3 is 0 Å². The number of hydrogen-bond donors (Lipinski definition) is 1. The van der Waals surface area contributed by atoms with Gasteiger partial charge in [-0.3, -0.25) is 4.72 Å². The molecule has 0 bridgehead atoms. The van der Waals surface area contributed by atoms with Crippen LogP contribution in [0.5, 0.6) is 0 Å². The Hall–Kier alpha value is -0.830. The molecule has 0 atom stereocenters. The third-order valence-corrected chi connectivity index (χ3v) is 4.98. The third-order valence-electron chi connectivity index (χ3n) is 2.16. The van der Waals surface area contributed by atoms with Gasteiger partial charge in [0.1, 0.15) is 0 Å². The van der Waals surface area contributed by atoms with E-state index in [1.807, 2.05) is 0 Å². The second-order valence-electron chi connectivity index (χ2n) is 3.54. The van der Waals surface area contributed by atoms with Crippen molar-refractivity contribution in [3.63, 3.8) is 0 Å². The summed E-state index contributed by atoms with van der Waals surface area (Å²) in [6, 6.07) is 4.47. The number of nitrogens with zero attached hydrogens (tertiary/aromatic N) is 3. The van der Waals surface area contributed by atoms with Crippen LogP contribution in [0.4, 0.5) is 5.69 Å². The number of benzene rings is 1. The predicted octanol–water partition coefficient (Wildman–Crippen LogP) is 2.69. The van der Waals surface area contributed by atoms with E-state index in [9.17, 15) is 8.42 Å². The molecule has 0 saturated carbocycles. The van der Waals surface area contributed by atoms with Crippen molar-refractivity contribution in [1.29, 1.82) is 0 Å². The molecule has 1 aromatic carbocycles. The summed E-state index contributed by atoms with van der Waals surface area (Å²) in [4.78, 5) is 0. The molecule has 0 aliphatic heterocycles. The average molecular weight is 386 g/mol. The first-order chi connectivity index (χ1) is 8.81. The topological polar surface area (TPSA) is 76.9 Å². The molecule has 10 heteroatoms. The van der Waals surface area contributed by atoms with Crippen LogP contribution >= 0.6 is 39.1 Å². The van der Waals surface area contributed by atoms with Crippen molar-refractivity contribution in [2.45, 2.75) is 5.03 Å². The minimum atomic E-state index is -3.87. The number of sulfonamides is 1. The Balaban J connectivity index is 2.45. The highest BCUT2D eigenvalue weighted by Gasteiger charge is 2.24. The molecule has 0 saturated heterocycles. The molecule has 102 valence electrons. The van der Waals surface area contributed by atoms with E-state index in [1.54, 1.807) is 6.07 Å². The Labute approximate surface area is 127 Å². The highest BCUT2D eigenvalue weighted by Crippen LogP contribution is 2.28. The summed E-state index contributed by atoms with van der Waals surface area (Å²) in [6.45, 7) is 0. The summed E-state index contributed by atoms with van der Waals surface area (Å²) in [6.07, 6.45) is 0. The average Bonchev–Trinajstić information content (AvgIpc) is 2.64. The van der Waals surface area contributed by atoms with Crippen LogP contribution in [0.1, 0.15) is 0 Å². The van der Waals surface area contributed by atoms with Gasteiger partial charge in [0.25, 0.3) is 10.0 Å². The van der Waals surface area contributed by atoms with Gasteiger partial charge in [-0.15, -0.1) is 5.10 Å². The lowest BCUT2D eigenvalue weighted by atomic mass is 10.3. The highest BCUT2D eigenvalue weighted by atomic mass is 79.9. The second kappa shape index (κ2) is 5.28. The number of aryl methyl sites for hydroxylation is 1. The van der Waals surface area contributed by atoms with Gasteiger partial charge in [-0.1, -0.05) is 28.4 Å². The van der Waals surface area contributed by atoms with Crippen molar-refractivity contribution in [1.82, 2.24) is 15.0 Å². The lowest BCUT2D eigenvalue weighted by Gasteiger charge is -2.09. The largest absolute Gasteiger partial charge is 0.281 e. The Kier molecular flexibility index (Phi) is 4.05. The van der Waals surface area contributed by atoms with E-state index in [-0.39, 0.29) is 20.3 Å². The second-order valence-corrected chi connectivity index (χ2v) is 6.73. The van der Waals surface area contributed by atoms with Gasteiger partial charge in [0, 0.05) is 12.1 Å². The molecule has 0 amide bonds. The molecule has 0 spiro atoms.